The largest absolute Gasteiger partial charge is 0.462 e. The second-order valence-corrected chi connectivity index (χ2v) is 20.6. The number of ether oxygens (including phenoxy) is 3. The standard InChI is InChI=1S/C67H116O6/c1-4-7-10-13-16-19-22-25-28-31-32-33-34-37-39-42-45-48-51-54-57-60-66(69)72-63-64(73-67(70)61-58-55-52-49-46-43-40-36-30-27-24-21-18-15-12-9-6-3)62-71-65(68)59-56-53-50-47-44-41-38-35-29-26-23-20-17-14-11-8-5-2/h7,9-10,12,16,18-19,21,25,27-28,30,32-33,64H,4-6,8,11,13-15,17,20,22-24,26,29,31,34-63H2,1-3H3/b10-7-,12-9-,19-16-,21-18-,28-25-,30-27-,33-32-. The quantitative estimate of drug-likeness (QED) is 0.0261. The van der Waals surface area contributed by atoms with Gasteiger partial charge in [-0.05, 0) is 89.9 Å². The predicted octanol–water partition coefficient (Wildman–Crippen LogP) is 21.1. The number of carbonyl (C=O) groups is 3. The highest BCUT2D eigenvalue weighted by Gasteiger charge is 2.19. The van der Waals surface area contributed by atoms with Crippen molar-refractivity contribution in [1.82, 2.24) is 0 Å². The van der Waals surface area contributed by atoms with Gasteiger partial charge in [-0.1, -0.05) is 279 Å². The second kappa shape index (κ2) is 61.1. The van der Waals surface area contributed by atoms with Gasteiger partial charge in [0, 0.05) is 19.3 Å². The van der Waals surface area contributed by atoms with Crippen molar-refractivity contribution in [2.24, 2.45) is 0 Å². The molecule has 0 fully saturated rings. The third kappa shape index (κ3) is 59.3. The van der Waals surface area contributed by atoms with Gasteiger partial charge >= 0.3 is 17.9 Å². The Balaban J connectivity index is 4.38. The fraction of sp³-hybridized carbons (Fsp3) is 0.746. The fourth-order valence-corrected chi connectivity index (χ4v) is 8.80. The van der Waals surface area contributed by atoms with E-state index in [-0.39, 0.29) is 31.1 Å². The summed E-state index contributed by atoms with van der Waals surface area (Å²) in [7, 11) is 0. The van der Waals surface area contributed by atoms with Crippen molar-refractivity contribution >= 4 is 17.9 Å². The van der Waals surface area contributed by atoms with Crippen LogP contribution in [0.15, 0.2) is 85.1 Å². The minimum absolute atomic E-state index is 0.0806. The zero-order valence-electron chi connectivity index (χ0n) is 48.1. The van der Waals surface area contributed by atoms with Gasteiger partial charge in [-0.3, -0.25) is 14.4 Å². The minimum Gasteiger partial charge on any atom is -0.462 e. The van der Waals surface area contributed by atoms with Crippen LogP contribution < -0.4 is 0 Å². The van der Waals surface area contributed by atoms with Gasteiger partial charge in [0.25, 0.3) is 0 Å². The molecule has 73 heavy (non-hydrogen) atoms. The molecular weight excluding hydrogens is 901 g/mol. The zero-order valence-corrected chi connectivity index (χ0v) is 48.1. The maximum Gasteiger partial charge on any atom is 0.306 e. The number of rotatable bonds is 56. The van der Waals surface area contributed by atoms with Crippen LogP contribution in [-0.2, 0) is 28.6 Å². The van der Waals surface area contributed by atoms with Crippen LogP contribution in [0.2, 0.25) is 0 Å². The van der Waals surface area contributed by atoms with E-state index in [0.717, 1.165) is 116 Å². The Labute approximate surface area is 452 Å². The summed E-state index contributed by atoms with van der Waals surface area (Å²) >= 11 is 0. The fourth-order valence-electron chi connectivity index (χ4n) is 8.80. The first-order chi connectivity index (χ1) is 36.0. The predicted molar refractivity (Wildman–Crippen MR) is 316 cm³/mol. The number of hydrogen-bond acceptors (Lipinski definition) is 6. The lowest BCUT2D eigenvalue weighted by Gasteiger charge is -2.18. The summed E-state index contributed by atoms with van der Waals surface area (Å²) in [5.41, 5.74) is 0. The van der Waals surface area contributed by atoms with E-state index < -0.39 is 6.10 Å². The Morgan fingerprint density at radius 1 is 0.288 bits per heavy atom. The Morgan fingerprint density at radius 3 is 0.836 bits per heavy atom. The van der Waals surface area contributed by atoms with E-state index in [0.29, 0.717) is 19.3 Å². The summed E-state index contributed by atoms with van der Waals surface area (Å²) < 4.78 is 16.9. The lowest BCUT2D eigenvalue weighted by atomic mass is 10.0. The van der Waals surface area contributed by atoms with Gasteiger partial charge < -0.3 is 14.2 Å². The monoisotopic (exact) mass is 1020 g/mol. The van der Waals surface area contributed by atoms with Gasteiger partial charge in [0.2, 0.25) is 0 Å². The number of carbonyl (C=O) groups excluding carboxylic acids is 3. The van der Waals surface area contributed by atoms with Crippen molar-refractivity contribution in [2.75, 3.05) is 13.2 Å². The molecule has 1 atom stereocenters. The van der Waals surface area contributed by atoms with Crippen LogP contribution in [0.3, 0.4) is 0 Å². The van der Waals surface area contributed by atoms with Gasteiger partial charge in [0.1, 0.15) is 13.2 Å². The van der Waals surface area contributed by atoms with Crippen molar-refractivity contribution < 1.29 is 28.6 Å². The molecule has 6 nitrogen and oxygen atoms in total. The molecule has 0 aromatic rings. The second-order valence-electron chi connectivity index (χ2n) is 20.6. The molecule has 0 amide bonds. The summed E-state index contributed by atoms with van der Waals surface area (Å²) in [6.07, 6.45) is 80.0. The average molecular weight is 1020 g/mol. The van der Waals surface area contributed by atoms with Gasteiger partial charge in [-0.25, -0.2) is 0 Å². The Kier molecular flexibility index (Phi) is 58.3. The maximum atomic E-state index is 12.9. The molecule has 0 saturated carbocycles. The molecule has 6 heteroatoms. The average Bonchev–Trinajstić information content (AvgIpc) is 3.39. The highest BCUT2D eigenvalue weighted by atomic mass is 16.6. The first-order valence-electron chi connectivity index (χ1n) is 31.1. The molecule has 0 aliphatic heterocycles. The van der Waals surface area contributed by atoms with Gasteiger partial charge in [0.05, 0.1) is 0 Å². The first kappa shape index (κ1) is 69.6. The number of esters is 3. The molecule has 0 aromatic heterocycles. The normalized spacial score (nSPS) is 12.6. The maximum absolute atomic E-state index is 12.9. The molecule has 1 unspecified atom stereocenters. The molecule has 0 radical (unpaired) electrons. The molecule has 0 aromatic carbocycles. The third-order valence-electron chi connectivity index (χ3n) is 13.4. The highest BCUT2D eigenvalue weighted by molar-refractivity contribution is 5.71. The van der Waals surface area contributed by atoms with E-state index in [4.69, 9.17) is 14.2 Å². The Hall–Kier alpha value is -3.41. The molecule has 0 spiro atoms. The summed E-state index contributed by atoms with van der Waals surface area (Å²) in [4.78, 5) is 38.3. The number of unbranched alkanes of at least 4 members (excludes halogenated alkanes) is 31. The zero-order chi connectivity index (χ0) is 52.9. The first-order valence-corrected chi connectivity index (χ1v) is 31.1. The highest BCUT2D eigenvalue weighted by Crippen LogP contribution is 2.17. The van der Waals surface area contributed by atoms with Crippen LogP contribution in [-0.4, -0.2) is 37.2 Å². The molecule has 0 N–H and O–H groups in total. The van der Waals surface area contributed by atoms with Gasteiger partial charge in [0.15, 0.2) is 6.10 Å². The molecule has 0 saturated heterocycles. The van der Waals surface area contributed by atoms with Crippen molar-refractivity contribution in [2.45, 2.75) is 309 Å². The van der Waals surface area contributed by atoms with E-state index >= 15 is 0 Å². The van der Waals surface area contributed by atoms with E-state index in [1.54, 1.807) is 0 Å². The summed E-state index contributed by atoms with van der Waals surface area (Å²) in [5, 5.41) is 0. The Bertz CT molecular complexity index is 1400. The van der Waals surface area contributed by atoms with Gasteiger partial charge in [-0.2, -0.15) is 0 Å². The lowest BCUT2D eigenvalue weighted by molar-refractivity contribution is -0.167. The van der Waals surface area contributed by atoms with E-state index in [9.17, 15) is 14.4 Å². The van der Waals surface area contributed by atoms with Crippen LogP contribution in [0.1, 0.15) is 303 Å². The smallest absolute Gasteiger partial charge is 0.306 e. The van der Waals surface area contributed by atoms with Crippen LogP contribution in [0, 0.1) is 0 Å². The number of hydrogen-bond donors (Lipinski definition) is 0. The molecule has 0 rings (SSSR count). The Morgan fingerprint density at radius 2 is 0.534 bits per heavy atom. The van der Waals surface area contributed by atoms with Crippen molar-refractivity contribution in [1.29, 1.82) is 0 Å². The van der Waals surface area contributed by atoms with Crippen LogP contribution in [0.25, 0.3) is 0 Å². The lowest BCUT2D eigenvalue weighted by Crippen LogP contribution is -2.30. The SMILES string of the molecule is CC/C=C\C/C=C\C/C=C\C/C=C\CCCCCCCCCCC(=O)OCC(COC(=O)CCCCCCCCCCCCCCCCCCC)OC(=O)CCCCCCCCC/C=C\C/C=C\C/C=C\CC. The van der Waals surface area contributed by atoms with Crippen LogP contribution in [0.5, 0.6) is 0 Å². The summed E-state index contributed by atoms with van der Waals surface area (Å²) in [6.45, 7) is 6.44. The van der Waals surface area contributed by atoms with Crippen LogP contribution in [0.4, 0.5) is 0 Å². The molecule has 420 valence electrons. The molecule has 0 aliphatic carbocycles. The van der Waals surface area contributed by atoms with Crippen LogP contribution >= 0.6 is 0 Å². The summed E-state index contributed by atoms with van der Waals surface area (Å²) in [6, 6.07) is 0. The van der Waals surface area contributed by atoms with Crippen molar-refractivity contribution in [3.05, 3.63) is 85.1 Å². The molecule has 0 heterocycles. The van der Waals surface area contributed by atoms with Gasteiger partial charge in [-0.15, -0.1) is 0 Å². The van der Waals surface area contributed by atoms with Crippen molar-refractivity contribution in [3.8, 4) is 0 Å². The third-order valence-corrected chi connectivity index (χ3v) is 13.4. The van der Waals surface area contributed by atoms with Crippen molar-refractivity contribution in [3.63, 3.8) is 0 Å². The minimum atomic E-state index is -0.785. The summed E-state index contributed by atoms with van der Waals surface area (Å²) in [5.74, 6) is -0.886. The molecular formula is C67H116O6. The van der Waals surface area contributed by atoms with E-state index in [1.807, 2.05) is 0 Å². The molecule has 0 bridgehead atoms. The molecule has 0 aliphatic rings. The van der Waals surface area contributed by atoms with E-state index in [2.05, 4.69) is 106 Å². The topological polar surface area (TPSA) is 78.9 Å². The number of allylic oxidation sites excluding steroid dienone is 14. The van der Waals surface area contributed by atoms with E-state index in [1.165, 1.54) is 148 Å².